The van der Waals surface area contributed by atoms with Gasteiger partial charge in [0.25, 0.3) is 0 Å². The first-order valence-corrected chi connectivity index (χ1v) is 12.9. The van der Waals surface area contributed by atoms with Crippen molar-refractivity contribution in [3.05, 3.63) is 28.2 Å². The molecular weight excluding hydrogens is 478 g/mol. The van der Waals surface area contributed by atoms with Gasteiger partial charge in [0.15, 0.2) is 0 Å². The SMILES string of the molecule is O=C(O)N1CCC([AsH]S(=O)(=O)c2ccc(Br)cc2C(F)(F)F)CC1. The van der Waals surface area contributed by atoms with E-state index in [0.717, 1.165) is 12.1 Å². The molecule has 1 aromatic rings. The van der Waals surface area contributed by atoms with Crippen molar-refractivity contribution in [3.8, 4) is 0 Å². The maximum atomic E-state index is 13.1. The Hall–Kier alpha value is -0.732. The summed E-state index contributed by atoms with van der Waals surface area (Å²) >= 11 is 1.17. The number of nitrogens with zero attached hydrogens (tertiary/aromatic N) is 1. The van der Waals surface area contributed by atoms with Crippen molar-refractivity contribution in [1.29, 1.82) is 0 Å². The van der Waals surface area contributed by atoms with Gasteiger partial charge < -0.3 is 0 Å². The molecule has 1 N–H and O–H groups in total. The van der Waals surface area contributed by atoms with E-state index >= 15 is 0 Å². The standard InChI is InChI=1S/C13H14AsBrF3NO4S/c15-9-1-2-11(10(7-9)13(16,17)18)24(22,23)14-8-3-5-19(6-4-8)12(20)21/h1-2,7-8,14H,3-6H2,(H,20,21). The van der Waals surface area contributed by atoms with Gasteiger partial charge in [0.1, 0.15) is 0 Å². The number of hydrogen-bond acceptors (Lipinski definition) is 3. The Kier molecular flexibility index (Phi) is 5.92. The normalized spacial score (nSPS) is 17.6. The molecule has 1 aliphatic rings. The fourth-order valence-electron chi connectivity index (χ4n) is 2.43. The Labute approximate surface area is 150 Å². The molecule has 1 aromatic carbocycles. The number of amides is 1. The molecular formula is C13H14AsBrF3NO4S. The van der Waals surface area contributed by atoms with Crippen molar-refractivity contribution in [2.24, 2.45) is 0 Å². The Bertz CT molecular complexity index is 733. The van der Waals surface area contributed by atoms with Crippen LogP contribution in [0.3, 0.4) is 0 Å². The van der Waals surface area contributed by atoms with Gasteiger partial charge >= 0.3 is 151 Å². The molecule has 0 aliphatic carbocycles. The van der Waals surface area contributed by atoms with Gasteiger partial charge in [-0.15, -0.1) is 0 Å². The number of carboxylic acid groups (broad SMARTS) is 1. The first-order chi connectivity index (χ1) is 11.0. The predicted molar refractivity (Wildman–Crippen MR) is 86.1 cm³/mol. The molecule has 1 aliphatic heterocycles. The Morgan fingerprint density at radius 2 is 1.88 bits per heavy atom. The molecule has 1 saturated heterocycles. The molecule has 1 atom stereocenters. The Balaban J connectivity index is 2.22. The van der Waals surface area contributed by atoms with Crippen LogP contribution < -0.4 is 0 Å². The summed E-state index contributed by atoms with van der Waals surface area (Å²) in [6.45, 7) is 0.428. The van der Waals surface area contributed by atoms with Gasteiger partial charge in [0, 0.05) is 0 Å². The minimum atomic E-state index is -4.76. The summed E-state index contributed by atoms with van der Waals surface area (Å²) in [5.74, 6) is 0. The van der Waals surface area contributed by atoms with Gasteiger partial charge in [-0.2, -0.15) is 0 Å². The van der Waals surface area contributed by atoms with Crippen molar-refractivity contribution < 1.29 is 31.5 Å². The number of likely N-dealkylation sites (tertiary alicyclic amines) is 1. The van der Waals surface area contributed by atoms with Gasteiger partial charge in [0.2, 0.25) is 0 Å². The summed E-state index contributed by atoms with van der Waals surface area (Å²) in [7, 11) is -4.01. The average Bonchev–Trinajstić information content (AvgIpc) is 2.46. The zero-order valence-electron chi connectivity index (χ0n) is 12.2. The number of rotatable bonds is 3. The Morgan fingerprint density at radius 1 is 1.29 bits per heavy atom. The second-order valence-corrected chi connectivity index (χ2v) is 14.5. The van der Waals surface area contributed by atoms with E-state index in [0.29, 0.717) is 12.8 Å². The van der Waals surface area contributed by atoms with E-state index < -0.39 is 45.4 Å². The summed E-state index contributed by atoms with van der Waals surface area (Å²) in [5.41, 5.74) is -1.16. The quantitative estimate of drug-likeness (QED) is 0.659. The van der Waals surface area contributed by atoms with Crippen LogP contribution in [0.4, 0.5) is 18.0 Å². The van der Waals surface area contributed by atoms with Gasteiger partial charge in [0.05, 0.1) is 0 Å². The molecule has 1 unspecified atom stereocenters. The molecule has 0 radical (unpaired) electrons. The number of hydrogen-bond donors (Lipinski definition) is 1. The number of alkyl halides is 3. The van der Waals surface area contributed by atoms with Gasteiger partial charge in [-0.1, -0.05) is 0 Å². The van der Waals surface area contributed by atoms with Crippen LogP contribution >= 0.6 is 15.9 Å². The van der Waals surface area contributed by atoms with E-state index in [-0.39, 0.29) is 22.3 Å². The molecule has 5 nitrogen and oxygen atoms in total. The third-order valence-corrected chi connectivity index (χ3v) is 12.3. The van der Waals surface area contributed by atoms with Crippen LogP contribution in [0.5, 0.6) is 0 Å². The fourth-order valence-corrected chi connectivity index (χ4v) is 11.0. The fraction of sp³-hybridized carbons (Fsp3) is 0.462. The van der Waals surface area contributed by atoms with Crippen molar-refractivity contribution in [2.75, 3.05) is 13.1 Å². The van der Waals surface area contributed by atoms with Crippen LogP contribution in [-0.2, 0) is 14.3 Å². The van der Waals surface area contributed by atoms with E-state index in [2.05, 4.69) is 15.9 Å². The number of benzene rings is 1. The summed E-state index contributed by atoms with van der Waals surface area (Å²) in [4.78, 5) is 11.4. The molecule has 1 amide bonds. The molecule has 0 saturated carbocycles. The van der Waals surface area contributed by atoms with Gasteiger partial charge in [-0.25, -0.2) is 0 Å². The van der Waals surface area contributed by atoms with Crippen molar-refractivity contribution in [1.82, 2.24) is 4.90 Å². The Morgan fingerprint density at radius 3 is 2.38 bits per heavy atom. The topological polar surface area (TPSA) is 74.7 Å². The summed E-state index contributed by atoms with van der Waals surface area (Å²) in [6.07, 6.45) is -5.10. The van der Waals surface area contributed by atoms with Crippen LogP contribution in [0.25, 0.3) is 0 Å². The van der Waals surface area contributed by atoms with Gasteiger partial charge in [-0.3, -0.25) is 0 Å². The monoisotopic (exact) mass is 491 g/mol. The third-order valence-electron chi connectivity index (χ3n) is 3.62. The number of halogens is 4. The average molecular weight is 492 g/mol. The number of piperidine rings is 1. The molecule has 1 fully saturated rings. The van der Waals surface area contributed by atoms with Crippen molar-refractivity contribution in [3.63, 3.8) is 0 Å². The zero-order chi connectivity index (χ0) is 18.1. The van der Waals surface area contributed by atoms with E-state index in [4.69, 9.17) is 5.11 Å². The van der Waals surface area contributed by atoms with Gasteiger partial charge in [-0.05, 0) is 0 Å². The van der Waals surface area contributed by atoms with Crippen LogP contribution in [0, 0.1) is 0 Å². The molecule has 24 heavy (non-hydrogen) atoms. The molecule has 0 bridgehead atoms. The third kappa shape index (κ3) is 4.67. The molecule has 0 aromatic heterocycles. The van der Waals surface area contributed by atoms with E-state index in [1.807, 2.05) is 0 Å². The molecule has 0 spiro atoms. The first kappa shape index (κ1) is 19.6. The van der Waals surface area contributed by atoms with Crippen LogP contribution in [-0.4, -0.2) is 52.2 Å². The molecule has 1 heterocycles. The zero-order valence-corrected chi connectivity index (χ0v) is 16.7. The summed E-state index contributed by atoms with van der Waals surface area (Å²) < 4.78 is 64.3. The minimum absolute atomic E-state index is 0.156. The van der Waals surface area contributed by atoms with Crippen molar-refractivity contribution in [2.45, 2.75) is 28.6 Å². The van der Waals surface area contributed by atoms with Crippen LogP contribution in [0.1, 0.15) is 18.4 Å². The van der Waals surface area contributed by atoms with E-state index in [1.165, 1.54) is 11.0 Å². The van der Waals surface area contributed by atoms with Crippen molar-refractivity contribution >= 4 is 44.7 Å². The molecule has 11 heteroatoms. The molecule has 134 valence electrons. The predicted octanol–water partition coefficient (Wildman–Crippen LogP) is 3.16. The van der Waals surface area contributed by atoms with Crippen LogP contribution in [0.15, 0.2) is 27.6 Å². The second-order valence-electron chi connectivity index (χ2n) is 5.30. The second kappa shape index (κ2) is 7.25. The summed E-state index contributed by atoms with van der Waals surface area (Å²) in [6, 6.07) is 3.03. The first-order valence-electron chi connectivity index (χ1n) is 6.87. The van der Waals surface area contributed by atoms with E-state index in [1.54, 1.807) is 0 Å². The van der Waals surface area contributed by atoms with Crippen LogP contribution in [0.2, 0.25) is 4.71 Å². The molecule has 2 rings (SSSR count). The maximum absolute atomic E-state index is 13.1. The summed E-state index contributed by atoms with van der Waals surface area (Å²) in [5, 5.41) is 8.88. The van der Waals surface area contributed by atoms with E-state index in [9.17, 15) is 26.4 Å². The number of carbonyl (C=O) groups is 1.